The summed E-state index contributed by atoms with van der Waals surface area (Å²) in [5.41, 5.74) is 0. The van der Waals surface area contributed by atoms with Crippen LogP contribution in [0.4, 0.5) is 0 Å². The van der Waals surface area contributed by atoms with E-state index in [1.165, 1.54) is 12.8 Å². The van der Waals surface area contributed by atoms with Gasteiger partial charge in [-0.15, -0.1) is 0 Å². The van der Waals surface area contributed by atoms with E-state index in [-0.39, 0.29) is 18.6 Å². The molecule has 1 heterocycles. The molecule has 128 valence electrons. The minimum Gasteiger partial charge on any atom is -0.481 e. The molecule has 1 saturated heterocycles. The molecule has 1 aliphatic heterocycles. The highest BCUT2D eigenvalue weighted by atomic mass is 16.6. The number of carboxylic acids is 1. The van der Waals surface area contributed by atoms with Gasteiger partial charge in [0.1, 0.15) is 6.10 Å². The van der Waals surface area contributed by atoms with E-state index >= 15 is 0 Å². The molecule has 1 fully saturated rings. The van der Waals surface area contributed by atoms with Gasteiger partial charge in [-0.05, 0) is 19.3 Å². The molecule has 4 heteroatoms. The van der Waals surface area contributed by atoms with E-state index in [0.717, 1.165) is 57.8 Å². The van der Waals surface area contributed by atoms with E-state index in [4.69, 9.17) is 9.84 Å². The minimum atomic E-state index is -0.698. The summed E-state index contributed by atoms with van der Waals surface area (Å²) in [6.45, 7) is 2.17. The third kappa shape index (κ3) is 9.19. The van der Waals surface area contributed by atoms with Crippen molar-refractivity contribution in [1.29, 1.82) is 0 Å². The third-order valence-corrected chi connectivity index (χ3v) is 4.31. The van der Waals surface area contributed by atoms with Gasteiger partial charge in [-0.1, -0.05) is 58.3 Å². The molecule has 1 aliphatic rings. The number of hydrogen-bond acceptors (Lipinski definition) is 3. The van der Waals surface area contributed by atoms with Gasteiger partial charge in [0.15, 0.2) is 5.78 Å². The molecule has 0 bridgehead atoms. The predicted molar refractivity (Wildman–Crippen MR) is 87.0 cm³/mol. The predicted octanol–water partition coefficient (Wildman–Crippen LogP) is 4.50. The number of ketones is 1. The molecule has 1 N–H and O–H groups in total. The second kappa shape index (κ2) is 11.6. The van der Waals surface area contributed by atoms with Crippen LogP contribution in [-0.2, 0) is 14.3 Å². The van der Waals surface area contributed by atoms with E-state index in [9.17, 15) is 9.59 Å². The fourth-order valence-electron chi connectivity index (χ4n) is 2.84. The molecule has 0 aromatic rings. The lowest BCUT2D eigenvalue weighted by molar-refractivity contribution is -0.137. The second-order valence-electron chi connectivity index (χ2n) is 6.43. The molecule has 0 aliphatic carbocycles. The summed E-state index contributed by atoms with van der Waals surface area (Å²) in [6, 6.07) is 0. The van der Waals surface area contributed by atoms with Crippen molar-refractivity contribution in [2.75, 3.05) is 0 Å². The maximum atomic E-state index is 11.9. The molecule has 22 heavy (non-hydrogen) atoms. The number of Topliss-reactive ketones (excluding diaryl/α,β-unsaturated/α-hetero) is 1. The zero-order valence-corrected chi connectivity index (χ0v) is 14.0. The largest absolute Gasteiger partial charge is 0.481 e. The van der Waals surface area contributed by atoms with Gasteiger partial charge < -0.3 is 9.84 Å². The zero-order valence-electron chi connectivity index (χ0n) is 14.0. The smallest absolute Gasteiger partial charge is 0.303 e. The summed E-state index contributed by atoms with van der Waals surface area (Å²) in [5, 5.41) is 8.53. The van der Waals surface area contributed by atoms with Crippen LogP contribution < -0.4 is 0 Å². The standard InChI is InChI=1S/C18H32O4/c1-2-3-4-9-12-15(19)18-16(22-18)13-10-7-5-6-8-11-14-17(20)21/h16,18H,2-14H2,1H3,(H,20,21)/t16-,18+/m0/s1. The van der Waals surface area contributed by atoms with Gasteiger partial charge in [-0.2, -0.15) is 0 Å². The summed E-state index contributed by atoms with van der Waals surface area (Å²) in [4.78, 5) is 22.2. The first-order valence-electron chi connectivity index (χ1n) is 9.05. The number of aliphatic carboxylic acids is 1. The first-order chi connectivity index (χ1) is 10.6. The molecular formula is C18H32O4. The molecule has 0 unspecified atom stereocenters. The highest BCUT2D eigenvalue weighted by Gasteiger charge is 2.43. The monoisotopic (exact) mass is 312 g/mol. The lowest BCUT2D eigenvalue weighted by Gasteiger charge is -2.00. The summed E-state index contributed by atoms with van der Waals surface area (Å²) in [7, 11) is 0. The molecule has 0 radical (unpaired) electrons. The summed E-state index contributed by atoms with van der Waals surface area (Å²) >= 11 is 0. The van der Waals surface area contributed by atoms with Gasteiger partial charge in [0.25, 0.3) is 0 Å². The van der Waals surface area contributed by atoms with Crippen molar-refractivity contribution in [2.45, 2.75) is 103 Å². The minimum absolute atomic E-state index is 0.0998. The number of carbonyl (C=O) groups excluding carboxylic acids is 1. The number of rotatable bonds is 15. The van der Waals surface area contributed by atoms with E-state index in [0.29, 0.717) is 12.2 Å². The highest BCUT2D eigenvalue weighted by molar-refractivity contribution is 5.85. The molecule has 0 aromatic heterocycles. The van der Waals surface area contributed by atoms with Crippen LogP contribution in [0.15, 0.2) is 0 Å². The van der Waals surface area contributed by atoms with Crippen LogP contribution >= 0.6 is 0 Å². The van der Waals surface area contributed by atoms with Crippen LogP contribution in [0.1, 0.15) is 90.4 Å². The SMILES string of the molecule is CCCCCCC(=O)[C@H]1O[C@H]1CCCCCCCCC(=O)O. The fraction of sp³-hybridized carbons (Fsp3) is 0.889. The Morgan fingerprint density at radius 1 is 0.864 bits per heavy atom. The fourth-order valence-corrected chi connectivity index (χ4v) is 2.84. The van der Waals surface area contributed by atoms with Crippen molar-refractivity contribution in [2.24, 2.45) is 0 Å². The topological polar surface area (TPSA) is 66.9 Å². The molecule has 2 atom stereocenters. The van der Waals surface area contributed by atoms with E-state index in [1.807, 2.05) is 0 Å². The van der Waals surface area contributed by atoms with Crippen molar-refractivity contribution >= 4 is 11.8 Å². The molecule has 1 rings (SSSR count). The Kier molecular flexibility index (Phi) is 10.1. The van der Waals surface area contributed by atoms with Crippen LogP contribution in [-0.4, -0.2) is 29.1 Å². The van der Waals surface area contributed by atoms with Gasteiger partial charge in [0.2, 0.25) is 0 Å². The second-order valence-corrected chi connectivity index (χ2v) is 6.43. The van der Waals surface area contributed by atoms with E-state index in [2.05, 4.69) is 6.92 Å². The average Bonchev–Trinajstić information content (AvgIpc) is 3.25. The van der Waals surface area contributed by atoms with E-state index < -0.39 is 5.97 Å². The average molecular weight is 312 g/mol. The van der Waals surface area contributed by atoms with Crippen LogP contribution in [0.3, 0.4) is 0 Å². The summed E-state index contributed by atoms with van der Waals surface area (Å²) < 4.78 is 5.49. The Balaban J connectivity index is 1.87. The first-order valence-corrected chi connectivity index (χ1v) is 9.05. The van der Waals surface area contributed by atoms with Gasteiger partial charge in [0, 0.05) is 12.8 Å². The van der Waals surface area contributed by atoms with Crippen LogP contribution in [0, 0.1) is 0 Å². The normalized spacial score (nSPS) is 20.0. The number of epoxide rings is 1. The Morgan fingerprint density at radius 3 is 2.14 bits per heavy atom. The number of ether oxygens (including phenoxy) is 1. The summed E-state index contributed by atoms with van der Waals surface area (Å²) in [6.07, 6.45) is 13.0. The zero-order chi connectivity index (χ0) is 16.2. The molecule has 0 amide bonds. The number of carbonyl (C=O) groups is 2. The van der Waals surface area contributed by atoms with Crippen LogP contribution in [0.5, 0.6) is 0 Å². The quantitative estimate of drug-likeness (QED) is 0.357. The van der Waals surface area contributed by atoms with Gasteiger partial charge in [0.05, 0.1) is 6.10 Å². The number of hydrogen-bond donors (Lipinski definition) is 1. The van der Waals surface area contributed by atoms with Gasteiger partial charge in [-0.25, -0.2) is 0 Å². The number of carboxylic acid groups (broad SMARTS) is 1. The van der Waals surface area contributed by atoms with Crippen molar-refractivity contribution < 1.29 is 19.4 Å². The first kappa shape index (κ1) is 19.1. The Hall–Kier alpha value is -0.900. The molecule has 0 spiro atoms. The van der Waals surface area contributed by atoms with Crippen molar-refractivity contribution in [3.05, 3.63) is 0 Å². The van der Waals surface area contributed by atoms with Crippen molar-refractivity contribution in [1.82, 2.24) is 0 Å². The molecule has 4 nitrogen and oxygen atoms in total. The van der Waals surface area contributed by atoms with Crippen LogP contribution in [0.25, 0.3) is 0 Å². The van der Waals surface area contributed by atoms with Crippen LogP contribution in [0.2, 0.25) is 0 Å². The van der Waals surface area contributed by atoms with Gasteiger partial charge >= 0.3 is 5.97 Å². The molecule has 0 saturated carbocycles. The molecule has 0 aromatic carbocycles. The van der Waals surface area contributed by atoms with E-state index in [1.54, 1.807) is 0 Å². The lowest BCUT2D eigenvalue weighted by Crippen LogP contribution is -2.09. The maximum Gasteiger partial charge on any atom is 0.303 e. The number of unbranched alkanes of at least 4 members (excludes halogenated alkanes) is 8. The maximum absolute atomic E-state index is 11.9. The Morgan fingerprint density at radius 2 is 1.45 bits per heavy atom. The molecular weight excluding hydrogens is 280 g/mol. The third-order valence-electron chi connectivity index (χ3n) is 4.31. The van der Waals surface area contributed by atoms with Crippen molar-refractivity contribution in [3.8, 4) is 0 Å². The highest BCUT2D eigenvalue weighted by Crippen LogP contribution is 2.29. The summed E-state index contributed by atoms with van der Waals surface area (Å²) in [5.74, 6) is -0.397. The Labute approximate surface area is 134 Å². The lowest BCUT2D eigenvalue weighted by atomic mass is 10.0. The Bertz CT molecular complexity index is 327. The van der Waals surface area contributed by atoms with Gasteiger partial charge in [-0.3, -0.25) is 9.59 Å². The van der Waals surface area contributed by atoms with Crippen molar-refractivity contribution in [3.63, 3.8) is 0 Å².